The Hall–Kier alpha value is -3.49. The highest BCUT2D eigenvalue weighted by molar-refractivity contribution is 5.92. The van der Waals surface area contributed by atoms with Gasteiger partial charge in [0.25, 0.3) is 5.91 Å². The molecular weight excluding hydrogens is 396 g/mol. The average Bonchev–Trinajstić information content (AvgIpc) is 3.37. The molecule has 1 atom stereocenters. The van der Waals surface area contributed by atoms with Crippen LogP contribution in [0.25, 0.3) is 5.69 Å². The molecule has 9 nitrogen and oxygen atoms in total. The van der Waals surface area contributed by atoms with E-state index in [1.807, 2.05) is 48.2 Å². The first-order chi connectivity index (χ1) is 15.0. The summed E-state index contributed by atoms with van der Waals surface area (Å²) in [7, 11) is 0. The summed E-state index contributed by atoms with van der Waals surface area (Å²) in [5.41, 5.74) is 3.54. The number of rotatable bonds is 6. The normalized spacial score (nSPS) is 16.3. The molecule has 0 saturated carbocycles. The van der Waals surface area contributed by atoms with Crippen molar-refractivity contribution in [3.8, 4) is 5.69 Å². The van der Waals surface area contributed by atoms with Gasteiger partial charge in [0.2, 0.25) is 5.91 Å². The molecule has 0 bridgehead atoms. The number of hydrogen-bond donors (Lipinski definition) is 1. The number of para-hydroxylation sites is 1. The molecule has 1 saturated heterocycles. The van der Waals surface area contributed by atoms with Gasteiger partial charge in [-0.2, -0.15) is 5.10 Å². The van der Waals surface area contributed by atoms with Crippen molar-refractivity contribution >= 4 is 11.8 Å². The van der Waals surface area contributed by atoms with Gasteiger partial charge in [-0.05, 0) is 50.8 Å². The minimum atomic E-state index is -0.0906. The summed E-state index contributed by atoms with van der Waals surface area (Å²) in [6.07, 6.45) is 2.15. The number of amides is 2. The predicted molar refractivity (Wildman–Crippen MR) is 112 cm³/mol. The number of benzene rings is 1. The number of nitrogens with one attached hydrogen (secondary N) is 1. The van der Waals surface area contributed by atoms with E-state index in [-0.39, 0.29) is 17.7 Å². The van der Waals surface area contributed by atoms with Crippen molar-refractivity contribution in [1.82, 2.24) is 30.3 Å². The largest absolute Gasteiger partial charge is 0.350 e. The second-order valence-electron chi connectivity index (χ2n) is 7.95. The van der Waals surface area contributed by atoms with Crippen LogP contribution in [-0.4, -0.2) is 49.9 Å². The Morgan fingerprint density at radius 3 is 2.74 bits per heavy atom. The van der Waals surface area contributed by atoms with Crippen molar-refractivity contribution in [3.63, 3.8) is 0 Å². The van der Waals surface area contributed by atoms with Crippen LogP contribution in [0.5, 0.6) is 0 Å². The molecule has 0 spiro atoms. The average molecular weight is 422 g/mol. The monoisotopic (exact) mass is 422 g/mol. The molecule has 0 radical (unpaired) electrons. The van der Waals surface area contributed by atoms with Crippen LogP contribution >= 0.6 is 0 Å². The van der Waals surface area contributed by atoms with Crippen molar-refractivity contribution in [2.45, 2.75) is 39.7 Å². The molecule has 4 rings (SSSR count). The Kier molecular flexibility index (Phi) is 6.11. The number of piperidine rings is 1. The number of aromatic nitrogens is 4. The van der Waals surface area contributed by atoms with E-state index in [2.05, 4.69) is 25.4 Å². The summed E-state index contributed by atoms with van der Waals surface area (Å²) in [6, 6.07) is 11.6. The standard InChI is InChI=1S/C22H26N6O3/c1-15-11-19(24-28(15)18-8-4-3-5-9-18)22(30)27-10-6-7-17(14-27)12-21(29)23-13-20-16(2)25-31-26-20/h3-5,8-9,11,17H,6-7,10,12-14H2,1-2H3,(H,23,29). The van der Waals surface area contributed by atoms with E-state index in [1.54, 1.807) is 11.6 Å². The highest BCUT2D eigenvalue weighted by Gasteiger charge is 2.27. The lowest BCUT2D eigenvalue weighted by Crippen LogP contribution is -2.41. The first-order valence-corrected chi connectivity index (χ1v) is 10.5. The molecule has 2 amide bonds. The van der Waals surface area contributed by atoms with Gasteiger partial charge in [0.1, 0.15) is 11.4 Å². The van der Waals surface area contributed by atoms with Crippen LogP contribution in [0, 0.1) is 19.8 Å². The summed E-state index contributed by atoms with van der Waals surface area (Å²) >= 11 is 0. The minimum Gasteiger partial charge on any atom is -0.350 e. The van der Waals surface area contributed by atoms with Gasteiger partial charge in [0.05, 0.1) is 12.2 Å². The van der Waals surface area contributed by atoms with Crippen LogP contribution in [0.1, 0.15) is 46.8 Å². The van der Waals surface area contributed by atoms with E-state index in [1.165, 1.54) is 0 Å². The Balaban J connectivity index is 1.35. The van der Waals surface area contributed by atoms with Gasteiger partial charge in [-0.1, -0.05) is 28.5 Å². The predicted octanol–water partition coefficient (Wildman–Crippen LogP) is 2.43. The van der Waals surface area contributed by atoms with Crippen LogP contribution in [0.15, 0.2) is 41.0 Å². The first-order valence-electron chi connectivity index (χ1n) is 10.5. The van der Waals surface area contributed by atoms with Crippen molar-refractivity contribution in [2.24, 2.45) is 5.92 Å². The Morgan fingerprint density at radius 1 is 1.19 bits per heavy atom. The van der Waals surface area contributed by atoms with Crippen LogP contribution < -0.4 is 5.32 Å². The zero-order chi connectivity index (χ0) is 21.8. The lowest BCUT2D eigenvalue weighted by molar-refractivity contribution is -0.122. The van der Waals surface area contributed by atoms with E-state index in [9.17, 15) is 9.59 Å². The highest BCUT2D eigenvalue weighted by atomic mass is 16.6. The third-order valence-corrected chi connectivity index (χ3v) is 5.59. The van der Waals surface area contributed by atoms with Crippen LogP contribution in [-0.2, 0) is 11.3 Å². The molecular formula is C22H26N6O3. The second kappa shape index (κ2) is 9.11. The zero-order valence-electron chi connectivity index (χ0n) is 17.7. The molecule has 9 heteroatoms. The topological polar surface area (TPSA) is 106 Å². The quantitative estimate of drug-likeness (QED) is 0.654. The molecule has 162 valence electrons. The van der Waals surface area contributed by atoms with Gasteiger partial charge in [-0.3, -0.25) is 9.59 Å². The molecule has 0 aliphatic carbocycles. The molecule has 3 heterocycles. The van der Waals surface area contributed by atoms with Gasteiger partial charge in [0, 0.05) is 25.2 Å². The number of likely N-dealkylation sites (tertiary alicyclic amines) is 1. The van der Waals surface area contributed by atoms with Gasteiger partial charge < -0.3 is 10.2 Å². The lowest BCUT2D eigenvalue weighted by atomic mass is 9.94. The van der Waals surface area contributed by atoms with Crippen molar-refractivity contribution in [1.29, 1.82) is 0 Å². The second-order valence-corrected chi connectivity index (χ2v) is 7.95. The fourth-order valence-electron chi connectivity index (χ4n) is 3.91. The Bertz CT molecular complexity index is 1060. The van der Waals surface area contributed by atoms with Gasteiger partial charge in [0.15, 0.2) is 5.69 Å². The molecule has 2 aromatic heterocycles. The summed E-state index contributed by atoms with van der Waals surface area (Å²) < 4.78 is 6.43. The summed E-state index contributed by atoms with van der Waals surface area (Å²) in [5.74, 6) is -0.0374. The SMILES string of the molecule is Cc1nonc1CNC(=O)CC1CCCN(C(=O)c2cc(C)n(-c3ccccc3)n2)C1. The molecule has 1 aliphatic heterocycles. The highest BCUT2D eigenvalue weighted by Crippen LogP contribution is 2.22. The van der Waals surface area contributed by atoms with Crippen LogP contribution in [0.4, 0.5) is 0 Å². The maximum atomic E-state index is 13.1. The minimum absolute atomic E-state index is 0.0640. The van der Waals surface area contributed by atoms with Crippen molar-refractivity contribution < 1.29 is 14.2 Å². The molecule has 1 aliphatic rings. The molecule has 31 heavy (non-hydrogen) atoms. The first kappa shape index (κ1) is 20.8. The Labute approximate surface area is 180 Å². The summed E-state index contributed by atoms with van der Waals surface area (Å²) in [4.78, 5) is 27.2. The zero-order valence-corrected chi connectivity index (χ0v) is 17.7. The number of carbonyl (C=O) groups is 2. The fourth-order valence-corrected chi connectivity index (χ4v) is 3.91. The third kappa shape index (κ3) is 4.82. The van der Waals surface area contributed by atoms with Gasteiger partial charge >= 0.3 is 0 Å². The maximum absolute atomic E-state index is 13.1. The number of aryl methyl sites for hydroxylation is 2. The van der Waals surface area contributed by atoms with Crippen molar-refractivity contribution in [3.05, 3.63) is 59.2 Å². The maximum Gasteiger partial charge on any atom is 0.274 e. The molecule has 3 aromatic rings. The summed E-state index contributed by atoms with van der Waals surface area (Å²) in [5, 5.41) is 14.9. The number of nitrogens with zero attached hydrogens (tertiary/aromatic N) is 5. The molecule has 1 unspecified atom stereocenters. The van der Waals surface area contributed by atoms with E-state index in [0.29, 0.717) is 43.1 Å². The third-order valence-electron chi connectivity index (χ3n) is 5.59. The van der Waals surface area contributed by atoms with Gasteiger partial charge in [-0.25, -0.2) is 9.31 Å². The Morgan fingerprint density at radius 2 is 2.00 bits per heavy atom. The van der Waals surface area contributed by atoms with E-state index in [0.717, 1.165) is 24.2 Å². The number of carbonyl (C=O) groups excluding carboxylic acids is 2. The molecule has 1 N–H and O–H groups in total. The van der Waals surface area contributed by atoms with Crippen LogP contribution in [0.2, 0.25) is 0 Å². The van der Waals surface area contributed by atoms with Gasteiger partial charge in [-0.15, -0.1) is 0 Å². The van der Waals surface area contributed by atoms with Crippen LogP contribution in [0.3, 0.4) is 0 Å². The smallest absolute Gasteiger partial charge is 0.274 e. The van der Waals surface area contributed by atoms with E-state index < -0.39 is 0 Å². The molecule has 1 aromatic carbocycles. The lowest BCUT2D eigenvalue weighted by Gasteiger charge is -2.32. The molecule has 1 fully saturated rings. The number of hydrogen-bond acceptors (Lipinski definition) is 6. The van der Waals surface area contributed by atoms with Crippen molar-refractivity contribution in [2.75, 3.05) is 13.1 Å². The van der Waals surface area contributed by atoms with E-state index >= 15 is 0 Å². The fraction of sp³-hybridized carbons (Fsp3) is 0.409. The van der Waals surface area contributed by atoms with E-state index in [4.69, 9.17) is 0 Å². The summed E-state index contributed by atoms with van der Waals surface area (Å²) in [6.45, 7) is 5.24.